The van der Waals surface area contributed by atoms with Crippen LogP contribution in [0.2, 0.25) is 0 Å². The lowest BCUT2D eigenvalue weighted by molar-refractivity contribution is 0.102. The van der Waals surface area contributed by atoms with Crippen molar-refractivity contribution < 1.29 is 71.6 Å². The van der Waals surface area contributed by atoms with Gasteiger partial charge in [-0.3, -0.25) is 19.0 Å². The lowest BCUT2D eigenvalue weighted by Gasteiger charge is -2.11. The minimum Gasteiger partial charge on any atom is -0.423 e. The van der Waals surface area contributed by atoms with Gasteiger partial charge in [0.1, 0.15) is 22.9 Å². The Bertz CT molecular complexity index is 3610. The van der Waals surface area contributed by atoms with Gasteiger partial charge in [-0.2, -0.15) is 0 Å². The van der Waals surface area contributed by atoms with E-state index >= 15 is 4.39 Å². The third-order valence-corrected chi connectivity index (χ3v) is 13.5. The van der Waals surface area contributed by atoms with Gasteiger partial charge in [0.25, 0.3) is 0 Å². The molecule has 0 fully saturated rings. The third kappa shape index (κ3) is 12.5. The van der Waals surface area contributed by atoms with Crippen molar-refractivity contribution in [3.63, 3.8) is 0 Å². The molecule has 4 heterocycles. The fourth-order valence-electron chi connectivity index (χ4n) is 6.79. The van der Waals surface area contributed by atoms with Crippen LogP contribution < -0.4 is 14.9 Å². The highest BCUT2D eigenvalue weighted by Gasteiger charge is 2.28. The minimum absolute atomic E-state index is 0.0187. The van der Waals surface area contributed by atoms with Gasteiger partial charge in [-0.15, -0.1) is 0 Å². The number of benzene rings is 4. The van der Waals surface area contributed by atoms with Crippen LogP contribution in [0.4, 0.5) is 46.5 Å². The Hall–Kier alpha value is -7.00. The Labute approximate surface area is 412 Å². The Morgan fingerprint density at radius 1 is 0.583 bits per heavy atom. The van der Waals surface area contributed by atoms with Crippen molar-refractivity contribution in [3.05, 3.63) is 171 Å². The highest BCUT2D eigenvalue weighted by atomic mass is 79.9. The van der Waals surface area contributed by atoms with Gasteiger partial charge in [0.05, 0.1) is 34.0 Å². The molecule has 0 saturated heterocycles. The number of rotatable bonds is 14. The molecule has 4 aromatic carbocycles. The van der Waals surface area contributed by atoms with E-state index in [9.17, 15) is 57.2 Å². The lowest BCUT2D eigenvalue weighted by Crippen LogP contribution is -2.30. The third-order valence-electron chi connectivity index (χ3n) is 10.1. The van der Waals surface area contributed by atoms with Crippen LogP contribution in [0.5, 0.6) is 0 Å². The van der Waals surface area contributed by atoms with Crippen molar-refractivity contribution in [2.75, 3.05) is 20.9 Å². The number of nitrogens with zero attached hydrogens (tertiary/aromatic N) is 2. The number of fused-ring (bicyclic) bond motifs is 2. The normalized spacial score (nSPS) is 11.4. The van der Waals surface area contributed by atoms with Crippen LogP contribution in [0.1, 0.15) is 58.5 Å². The summed E-state index contributed by atoms with van der Waals surface area (Å²) >= 11 is 3.23. The summed E-state index contributed by atoms with van der Waals surface area (Å²) in [6, 6.07) is 12.4. The number of carbonyl (C=O) groups is 2. The number of sulfonamides is 2. The number of nitrogens with one attached hydrogen (secondary N) is 4. The quantitative estimate of drug-likeness (QED) is 0.0345. The van der Waals surface area contributed by atoms with Gasteiger partial charge in [0.2, 0.25) is 31.6 Å². The molecule has 0 atom stereocenters. The van der Waals surface area contributed by atoms with Crippen LogP contribution in [0, 0.1) is 46.5 Å². The number of aromatic amines is 2. The smallest absolute Gasteiger partial charge is 0.423 e. The zero-order valence-corrected chi connectivity index (χ0v) is 40.3. The number of halogens is 9. The summed E-state index contributed by atoms with van der Waals surface area (Å²) in [4.78, 5) is 39.6. The summed E-state index contributed by atoms with van der Waals surface area (Å²) < 4.78 is 163. The van der Waals surface area contributed by atoms with E-state index in [1.165, 1.54) is 36.9 Å². The number of carbonyl (C=O) groups excluding carboxylic acids is 2. The summed E-state index contributed by atoms with van der Waals surface area (Å²) in [5.41, 5.74) is -1.81. The first-order valence-corrected chi connectivity index (χ1v) is 25.0. The van der Waals surface area contributed by atoms with E-state index in [4.69, 9.17) is 10.0 Å². The monoisotopic (exact) mass is 1110 g/mol. The molecule has 4 aromatic heterocycles. The summed E-state index contributed by atoms with van der Waals surface area (Å²) in [7, 11) is -9.45. The molecular formula is C46H36BBrF8N6O8S2. The van der Waals surface area contributed by atoms with Crippen LogP contribution in [0.25, 0.3) is 33.2 Å². The number of aromatic nitrogens is 4. The van der Waals surface area contributed by atoms with E-state index in [0.717, 1.165) is 54.6 Å². The van der Waals surface area contributed by atoms with E-state index < -0.39 is 108 Å². The zero-order chi connectivity index (χ0) is 52.8. The van der Waals surface area contributed by atoms with Crippen molar-refractivity contribution in [1.29, 1.82) is 0 Å². The van der Waals surface area contributed by atoms with Crippen LogP contribution in [0.3, 0.4) is 0 Å². The van der Waals surface area contributed by atoms with Crippen molar-refractivity contribution >= 4 is 93.6 Å². The average Bonchev–Trinajstić information content (AvgIpc) is 3.94. The molecule has 0 radical (unpaired) electrons. The molecule has 0 unspecified atom stereocenters. The predicted octanol–water partition coefficient (Wildman–Crippen LogP) is 8.80. The molecule has 0 aliphatic carbocycles. The molecule has 14 nitrogen and oxygen atoms in total. The summed E-state index contributed by atoms with van der Waals surface area (Å²) in [5, 5.41) is 17.6. The number of anilines is 2. The molecule has 6 N–H and O–H groups in total. The lowest BCUT2D eigenvalue weighted by atomic mass is 9.80. The summed E-state index contributed by atoms with van der Waals surface area (Å²) in [5.74, 6) is -11.6. The molecule has 0 saturated carbocycles. The van der Waals surface area contributed by atoms with E-state index in [1.54, 1.807) is 19.9 Å². The first-order valence-electron chi connectivity index (χ1n) is 20.9. The number of ketones is 2. The highest BCUT2D eigenvalue weighted by molar-refractivity contribution is 9.10. The first-order chi connectivity index (χ1) is 33.9. The molecule has 0 amide bonds. The van der Waals surface area contributed by atoms with Crippen LogP contribution >= 0.6 is 15.9 Å². The topological polar surface area (TPSA) is 224 Å². The second kappa shape index (κ2) is 22.6. The fraction of sp³-hybridized carbons (Fsp3) is 0.130. The Morgan fingerprint density at radius 2 is 1.03 bits per heavy atom. The molecule has 8 aromatic rings. The molecule has 0 bridgehead atoms. The van der Waals surface area contributed by atoms with E-state index in [0.29, 0.717) is 27.5 Å². The molecule has 72 heavy (non-hydrogen) atoms. The SMILES string of the molecule is CCCS(=O)(=O)Nc1ccc(F)c(C(=O)c2c[nH]c3ncc(-c4ccc(F)c(F)c4)cc23)c1F.CCCS(=O)(=O)Nc1ccc(F)c(C(=O)c2c[nH]c3ncc(Br)cc23)c1F.OB(O)c1ccc(F)c(F)c1. The molecule has 26 heteroatoms. The first kappa shape index (κ1) is 54.3. The van der Waals surface area contributed by atoms with Crippen LogP contribution in [-0.4, -0.2) is 77.0 Å². The Kier molecular flexibility index (Phi) is 17.1. The van der Waals surface area contributed by atoms with Gasteiger partial charge in [-0.1, -0.05) is 26.0 Å². The molecule has 0 spiro atoms. The van der Waals surface area contributed by atoms with Crippen LogP contribution in [-0.2, 0) is 20.0 Å². The molecule has 8 rings (SSSR count). The van der Waals surface area contributed by atoms with Crippen molar-refractivity contribution in [3.8, 4) is 11.1 Å². The zero-order valence-electron chi connectivity index (χ0n) is 37.1. The molecule has 0 aliphatic heterocycles. The predicted molar refractivity (Wildman–Crippen MR) is 256 cm³/mol. The standard InChI is InChI=1S/C23H17F4N3O3S.C17H14BrF2N3O3S.C6H5BF2O2/c1-2-7-34(32,33)30-19-6-5-17(25)20(21(19)27)22(31)15-11-29-23-14(15)8-13(10-28-23)12-3-4-16(24)18(26)9-12;1-2-5-27(25,26)23-13-4-3-12(19)14(15(13)20)16(24)11-8-22-17-10(11)6-9(18)7-21-17;8-5-2-1-4(7(10)11)3-6(5)9/h3-6,8-11,30H,2,7H2,1H3,(H,28,29);3-4,6-8,23H,2,5H2,1H3,(H,21,22);1-3,10-11H. The molecule has 376 valence electrons. The second-order valence-electron chi connectivity index (χ2n) is 15.3. The maximum absolute atomic E-state index is 15.1. The van der Waals surface area contributed by atoms with Gasteiger partial charge < -0.3 is 20.0 Å². The van der Waals surface area contributed by atoms with Crippen LogP contribution in [0.15, 0.2) is 102 Å². The van der Waals surface area contributed by atoms with Gasteiger partial charge in [0.15, 0.2) is 34.9 Å². The van der Waals surface area contributed by atoms with E-state index in [1.807, 2.05) is 4.72 Å². The van der Waals surface area contributed by atoms with Gasteiger partial charge in [0, 0.05) is 56.7 Å². The molecule has 0 aliphatic rings. The number of hydrogen-bond donors (Lipinski definition) is 6. The minimum atomic E-state index is -3.89. The maximum atomic E-state index is 15.1. The summed E-state index contributed by atoms with van der Waals surface area (Å²) in [6.45, 7) is 3.27. The van der Waals surface area contributed by atoms with Crippen molar-refractivity contribution in [2.24, 2.45) is 0 Å². The fourth-order valence-corrected chi connectivity index (χ4v) is 9.38. The number of pyridine rings is 2. The Morgan fingerprint density at radius 3 is 1.49 bits per heavy atom. The summed E-state index contributed by atoms with van der Waals surface area (Å²) in [6.07, 6.45) is 5.98. The highest BCUT2D eigenvalue weighted by Crippen LogP contribution is 2.31. The second-order valence-corrected chi connectivity index (χ2v) is 19.9. The number of H-pyrrole nitrogens is 2. The van der Waals surface area contributed by atoms with E-state index in [2.05, 4.69) is 40.6 Å². The Balaban J connectivity index is 0.000000198. The van der Waals surface area contributed by atoms with E-state index in [-0.39, 0.29) is 51.1 Å². The van der Waals surface area contributed by atoms with Crippen molar-refractivity contribution in [1.82, 2.24) is 19.9 Å². The van der Waals surface area contributed by atoms with Gasteiger partial charge >= 0.3 is 7.12 Å². The van der Waals surface area contributed by atoms with Crippen molar-refractivity contribution in [2.45, 2.75) is 26.7 Å². The largest absolute Gasteiger partial charge is 0.488 e. The number of hydrogen-bond acceptors (Lipinski definition) is 10. The van der Waals surface area contributed by atoms with Gasteiger partial charge in [-0.05, 0) is 100 Å². The molecular weight excluding hydrogens is 1070 g/mol. The average molecular weight is 1110 g/mol. The maximum Gasteiger partial charge on any atom is 0.488 e. The van der Waals surface area contributed by atoms with Gasteiger partial charge in [-0.25, -0.2) is 61.9 Å².